The number of hydrogen-bond acceptors (Lipinski definition) is 4. The van der Waals surface area contributed by atoms with Gasteiger partial charge in [-0.25, -0.2) is 0 Å². The molecule has 1 fully saturated rings. The summed E-state index contributed by atoms with van der Waals surface area (Å²) in [5.41, 5.74) is 3.36. The molecular formula is C25H27N3O2. The summed E-state index contributed by atoms with van der Waals surface area (Å²) < 4.78 is 6.14. The van der Waals surface area contributed by atoms with E-state index in [0.29, 0.717) is 0 Å². The third kappa shape index (κ3) is 5.32. The van der Waals surface area contributed by atoms with Crippen LogP contribution in [0.4, 0.5) is 0 Å². The third-order valence-electron chi connectivity index (χ3n) is 5.46. The van der Waals surface area contributed by atoms with Gasteiger partial charge in [0.2, 0.25) is 5.91 Å². The van der Waals surface area contributed by atoms with Crippen LogP contribution in [0, 0.1) is 0 Å². The predicted molar refractivity (Wildman–Crippen MR) is 117 cm³/mol. The van der Waals surface area contributed by atoms with Crippen LogP contribution in [0.15, 0.2) is 85.2 Å². The second-order valence-corrected chi connectivity index (χ2v) is 7.52. The van der Waals surface area contributed by atoms with Crippen LogP contribution in [0.5, 0.6) is 0 Å². The zero-order valence-corrected chi connectivity index (χ0v) is 17.1. The van der Waals surface area contributed by atoms with Crippen LogP contribution >= 0.6 is 0 Å². The molecule has 1 aromatic heterocycles. The first-order valence-corrected chi connectivity index (χ1v) is 10.4. The van der Waals surface area contributed by atoms with Crippen molar-refractivity contribution in [2.75, 3.05) is 32.8 Å². The molecule has 0 unspecified atom stereocenters. The average Bonchev–Trinajstić information content (AvgIpc) is 2.82. The molecule has 0 bridgehead atoms. The fraction of sp³-hybridized carbons (Fsp3) is 0.280. The molecule has 0 atom stereocenters. The molecular weight excluding hydrogens is 374 g/mol. The number of piperazine rings is 1. The number of benzene rings is 2. The SMILES string of the molecule is O=C(COC(c1ccccc1)c1ccccc1)N1CCN(Cc2ccncc2)CC1. The molecule has 4 rings (SSSR count). The van der Waals surface area contributed by atoms with E-state index in [0.717, 1.165) is 43.9 Å². The van der Waals surface area contributed by atoms with Gasteiger partial charge in [-0.3, -0.25) is 14.7 Å². The van der Waals surface area contributed by atoms with Crippen LogP contribution in [-0.4, -0.2) is 53.5 Å². The average molecular weight is 402 g/mol. The minimum Gasteiger partial charge on any atom is -0.359 e. The van der Waals surface area contributed by atoms with Gasteiger partial charge in [-0.1, -0.05) is 60.7 Å². The first kappa shape index (κ1) is 20.3. The van der Waals surface area contributed by atoms with Crippen LogP contribution in [0.25, 0.3) is 0 Å². The smallest absolute Gasteiger partial charge is 0.248 e. The van der Waals surface area contributed by atoms with Crippen molar-refractivity contribution in [2.24, 2.45) is 0 Å². The molecule has 154 valence electrons. The van der Waals surface area contributed by atoms with E-state index >= 15 is 0 Å². The summed E-state index contributed by atoms with van der Waals surface area (Å²) in [6.07, 6.45) is 3.40. The number of amides is 1. The highest BCUT2D eigenvalue weighted by Crippen LogP contribution is 2.25. The number of nitrogens with zero attached hydrogens (tertiary/aromatic N) is 3. The zero-order chi connectivity index (χ0) is 20.6. The lowest BCUT2D eigenvalue weighted by molar-refractivity contribution is -0.139. The lowest BCUT2D eigenvalue weighted by Crippen LogP contribution is -2.49. The van der Waals surface area contributed by atoms with Gasteiger partial charge in [0.25, 0.3) is 0 Å². The van der Waals surface area contributed by atoms with Gasteiger partial charge in [-0.15, -0.1) is 0 Å². The highest BCUT2D eigenvalue weighted by molar-refractivity contribution is 5.77. The Kier molecular flexibility index (Phi) is 6.85. The number of pyridine rings is 1. The Hall–Kier alpha value is -3.02. The maximum atomic E-state index is 12.8. The number of aromatic nitrogens is 1. The van der Waals surface area contributed by atoms with Crippen LogP contribution in [-0.2, 0) is 16.1 Å². The maximum absolute atomic E-state index is 12.8. The van der Waals surface area contributed by atoms with Crippen LogP contribution in [0.3, 0.4) is 0 Å². The molecule has 1 aliphatic rings. The summed E-state index contributed by atoms with van der Waals surface area (Å²) >= 11 is 0. The third-order valence-corrected chi connectivity index (χ3v) is 5.46. The lowest BCUT2D eigenvalue weighted by atomic mass is 10.0. The highest BCUT2D eigenvalue weighted by Gasteiger charge is 2.23. The molecule has 0 spiro atoms. The Balaban J connectivity index is 1.32. The summed E-state index contributed by atoms with van der Waals surface area (Å²) in [4.78, 5) is 21.2. The number of carbonyl (C=O) groups excluding carboxylic acids is 1. The number of carbonyl (C=O) groups is 1. The van der Waals surface area contributed by atoms with Crippen molar-refractivity contribution in [1.29, 1.82) is 0 Å². The number of ether oxygens (including phenoxy) is 1. The van der Waals surface area contributed by atoms with Gasteiger partial charge in [0.05, 0.1) is 0 Å². The van der Waals surface area contributed by atoms with Crippen molar-refractivity contribution in [3.05, 3.63) is 102 Å². The van der Waals surface area contributed by atoms with E-state index < -0.39 is 0 Å². The van der Waals surface area contributed by atoms with Crippen molar-refractivity contribution in [3.63, 3.8) is 0 Å². The lowest BCUT2D eigenvalue weighted by Gasteiger charge is -2.35. The van der Waals surface area contributed by atoms with Gasteiger partial charge < -0.3 is 9.64 Å². The second-order valence-electron chi connectivity index (χ2n) is 7.52. The zero-order valence-electron chi connectivity index (χ0n) is 17.1. The molecule has 0 radical (unpaired) electrons. The molecule has 1 amide bonds. The van der Waals surface area contributed by atoms with E-state index in [2.05, 4.69) is 9.88 Å². The summed E-state index contributed by atoms with van der Waals surface area (Å²) in [6.45, 7) is 4.18. The first-order chi connectivity index (χ1) is 14.8. The Labute approximate surface area is 177 Å². The first-order valence-electron chi connectivity index (χ1n) is 10.4. The summed E-state index contributed by atoms with van der Waals surface area (Å²) in [7, 11) is 0. The van der Waals surface area contributed by atoms with Gasteiger partial charge >= 0.3 is 0 Å². The molecule has 5 heteroatoms. The molecule has 2 aromatic carbocycles. The van der Waals surface area contributed by atoms with E-state index in [-0.39, 0.29) is 18.6 Å². The molecule has 0 N–H and O–H groups in total. The maximum Gasteiger partial charge on any atom is 0.248 e. The number of hydrogen-bond donors (Lipinski definition) is 0. The Morgan fingerprint density at radius 2 is 1.40 bits per heavy atom. The van der Waals surface area contributed by atoms with Crippen molar-refractivity contribution in [2.45, 2.75) is 12.6 Å². The van der Waals surface area contributed by atoms with Crippen molar-refractivity contribution >= 4 is 5.91 Å². The quantitative estimate of drug-likeness (QED) is 0.608. The van der Waals surface area contributed by atoms with E-state index in [4.69, 9.17) is 4.74 Å². The van der Waals surface area contributed by atoms with Gasteiger partial charge in [0, 0.05) is 45.1 Å². The second kappa shape index (κ2) is 10.1. The van der Waals surface area contributed by atoms with E-state index in [1.165, 1.54) is 5.56 Å². The van der Waals surface area contributed by atoms with E-state index in [1.807, 2.05) is 90.1 Å². The summed E-state index contributed by atoms with van der Waals surface area (Å²) in [5, 5.41) is 0. The topological polar surface area (TPSA) is 45.7 Å². The molecule has 5 nitrogen and oxygen atoms in total. The number of rotatable bonds is 7. The minimum absolute atomic E-state index is 0.0513. The normalized spacial score (nSPS) is 14.8. The summed E-state index contributed by atoms with van der Waals surface area (Å²) in [6, 6.07) is 24.2. The monoisotopic (exact) mass is 401 g/mol. The van der Waals surface area contributed by atoms with Crippen LogP contribution in [0.2, 0.25) is 0 Å². The molecule has 0 aliphatic carbocycles. The molecule has 30 heavy (non-hydrogen) atoms. The van der Waals surface area contributed by atoms with Gasteiger partial charge in [0.15, 0.2) is 0 Å². The molecule has 3 aromatic rings. The van der Waals surface area contributed by atoms with Crippen LogP contribution < -0.4 is 0 Å². The highest BCUT2D eigenvalue weighted by atomic mass is 16.5. The van der Waals surface area contributed by atoms with Gasteiger partial charge in [-0.05, 0) is 28.8 Å². The van der Waals surface area contributed by atoms with Gasteiger partial charge in [0.1, 0.15) is 12.7 Å². The largest absolute Gasteiger partial charge is 0.359 e. The minimum atomic E-state index is -0.246. The molecule has 1 saturated heterocycles. The standard InChI is InChI=1S/C25H27N3O2/c29-24(28-17-15-27(16-18-28)19-21-11-13-26-14-12-21)20-30-25(22-7-3-1-4-8-22)23-9-5-2-6-10-23/h1-14,25H,15-20H2. The predicted octanol–water partition coefficient (Wildman–Crippen LogP) is 3.53. The fourth-order valence-corrected chi connectivity index (χ4v) is 3.79. The van der Waals surface area contributed by atoms with Crippen molar-refractivity contribution in [1.82, 2.24) is 14.8 Å². The van der Waals surface area contributed by atoms with Crippen molar-refractivity contribution < 1.29 is 9.53 Å². The molecule has 0 saturated carbocycles. The summed E-state index contributed by atoms with van der Waals surface area (Å²) in [5.74, 6) is 0.0513. The Morgan fingerprint density at radius 1 is 0.833 bits per heavy atom. The Bertz CT molecular complexity index is 871. The Morgan fingerprint density at radius 3 is 1.97 bits per heavy atom. The molecule has 2 heterocycles. The van der Waals surface area contributed by atoms with E-state index in [9.17, 15) is 4.79 Å². The fourth-order valence-electron chi connectivity index (χ4n) is 3.79. The van der Waals surface area contributed by atoms with Crippen LogP contribution in [0.1, 0.15) is 22.8 Å². The van der Waals surface area contributed by atoms with Gasteiger partial charge in [-0.2, -0.15) is 0 Å². The van der Waals surface area contributed by atoms with Crippen molar-refractivity contribution in [3.8, 4) is 0 Å². The molecule has 1 aliphatic heterocycles. The van der Waals surface area contributed by atoms with E-state index in [1.54, 1.807) is 0 Å².